The van der Waals surface area contributed by atoms with Gasteiger partial charge in [0.05, 0.1) is 7.11 Å². The van der Waals surface area contributed by atoms with Gasteiger partial charge in [-0.2, -0.15) is 0 Å². The SMILES string of the molecule is COc1ccc2cc(C(=O)CCC3CCCC3)ccc2c1. The molecule has 0 aliphatic heterocycles. The molecule has 110 valence electrons. The van der Waals surface area contributed by atoms with Crippen molar-refractivity contribution in [3.05, 3.63) is 42.0 Å². The molecule has 1 aliphatic rings. The van der Waals surface area contributed by atoms with Crippen LogP contribution >= 0.6 is 0 Å². The molecule has 2 heteroatoms. The first kappa shape index (κ1) is 14.1. The fraction of sp³-hybridized carbons (Fsp3) is 0.421. The Kier molecular flexibility index (Phi) is 4.23. The highest BCUT2D eigenvalue weighted by atomic mass is 16.5. The summed E-state index contributed by atoms with van der Waals surface area (Å²) in [7, 11) is 1.67. The maximum Gasteiger partial charge on any atom is 0.162 e. The Morgan fingerprint density at radius 3 is 2.57 bits per heavy atom. The third-order valence-corrected chi connectivity index (χ3v) is 4.62. The van der Waals surface area contributed by atoms with E-state index in [-0.39, 0.29) is 5.78 Å². The molecule has 1 saturated carbocycles. The highest BCUT2D eigenvalue weighted by molar-refractivity contribution is 6.00. The molecule has 0 N–H and O–H groups in total. The molecule has 2 aromatic carbocycles. The quantitative estimate of drug-likeness (QED) is 0.721. The van der Waals surface area contributed by atoms with Crippen LogP contribution in [-0.2, 0) is 0 Å². The molecular weight excluding hydrogens is 260 g/mol. The van der Waals surface area contributed by atoms with Crippen LogP contribution in [0.1, 0.15) is 48.9 Å². The average Bonchev–Trinajstić information content (AvgIpc) is 3.05. The number of hydrogen-bond donors (Lipinski definition) is 0. The van der Waals surface area contributed by atoms with Crippen molar-refractivity contribution in [1.29, 1.82) is 0 Å². The topological polar surface area (TPSA) is 26.3 Å². The van der Waals surface area contributed by atoms with Crippen molar-refractivity contribution in [2.75, 3.05) is 7.11 Å². The second-order valence-electron chi connectivity index (χ2n) is 6.04. The van der Waals surface area contributed by atoms with Gasteiger partial charge < -0.3 is 4.74 Å². The van der Waals surface area contributed by atoms with Crippen molar-refractivity contribution in [3.8, 4) is 5.75 Å². The van der Waals surface area contributed by atoms with Crippen LogP contribution in [0.25, 0.3) is 10.8 Å². The van der Waals surface area contributed by atoms with Gasteiger partial charge in [0.25, 0.3) is 0 Å². The largest absolute Gasteiger partial charge is 0.497 e. The molecule has 2 nitrogen and oxygen atoms in total. The van der Waals surface area contributed by atoms with E-state index < -0.39 is 0 Å². The zero-order valence-electron chi connectivity index (χ0n) is 12.6. The van der Waals surface area contributed by atoms with Crippen molar-refractivity contribution in [1.82, 2.24) is 0 Å². The Morgan fingerprint density at radius 1 is 1.10 bits per heavy atom. The molecule has 0 unspecified atom stereocenters. The number of ether oxygens (including phenoxy) is 1. The van der Waals surface area contributed by atoms with Crippen LogP contribution in [0.5, 0.6) is 5.75 Å². The monoisotopic (exact) mass is 282 g/mol. The van der Waals surface area contributed by atoms with Gasteiger partial charge >= 0.3 is 0 Å². The summed E-state index contributed by atoms with van der Waals surface area (Å²) in [6.07, 6.45) is 7.05. The molecule has 0 saturated heterocycles. The maximum absolute atomic E-state index is 12.3. The molecule has 0 atom stereocenters. The third kappa shape index (κ3) is 3.26. The minimum absolute atomic E-state index is 0.277. The number of fused-ring (bicyclic) bond motifs is 1. The summed E-state index contributed by atoms with van der Waals surface area (Å²) in [5, 5.41) is 2.21. The highest BCUT2D eigenvalue weighted by Crippen LogP contribution is 2.29. The minimum Gasteiger partial charge on any atom is -0.497 e. The number of carbonyl (C=O) groups is 1. The van der Waals surface area contributed by atoms with E-state index in [1.807, 2.05) is 36.4 Å². The normalized spacial score (nSPS) is 15.5. The summed E-state index contributed by atoms with van der Waals surface area (Å²) in [5.74, 6) is 1.90. The lowest BCUT2D eigenvalue weighted by Crippen LogP contribution is -2.03. The molecule has 1 aliphatic carbocycles. The minimum atomic E-state index is 0.277. The van der Waals surface area contributed by atoms with Crippen LogP contribution in [0, 0.1) is 5.92 Å². The van der Waals surface area contributed by atoms with E-state index in [1.54, 1.807) is 7.11 Å². The zero-order chi connectivity index (χ0) is 14.7. The molecular formula is C19H22O2. The number of Topliss-reactive ketones (excluding diaryl/α,β-unsaturated/α-hetero) is 1. The average molecular weight is 282 g/mol. The number of benzene rings is 2. The fourth-order valence-corrected chi connectivity index (χ4v) is 3.30. The summed E-state index contributed by atoms with van der Waals surface area (Å²) >= 11 is 0. The first-order valence-electron chi connectivity index (χ1n) is 7.87. The maximum atomic E-state index is 12.3. The second kappa shape index (κ2) is 6.30. The Hall–Kier alpha value is -1.83. The number of carbonyl (C=O) groups excluding carboxylic acids is 1. The predicted octanol–water partition coefficient (Wildman–Crippen LogP) is 5.00. The van der Waals surface area contributed by atoms with Crippen LogP contribution in [-0.4, -0.2) is 12.9 Å². The zero-order valence-corrected chi connectivity index (χ0v) is 12.6. The summed E-state index contributed by atoms with van der Waals surface area (Å²) < 4.78 is 5.23. The molecule has 0 spiro atoms. The van der Waals surface area contributed by atoms with Gasteiger partial charge in [-0.1, -0.05) is 43.9 Å². The first-order chi connectivity index (χ1) is 10.3. The van der Waals surface area contributed by atoms with Gasteiger partial charge in [-0.3, -0.25) is 4.79 Å². The highest BCUT2D eigenvalue weighted by Gasteiger charge is 2.16. The summed E-state index contributed by atoms with van der Waals surface area (Å²) in [4.78, 5) is 12.3. The summed E-state index contributed by atoms with van der Waals surface area (Å²) in [5.41, 5.74) is 0.839. The van der Waals surface area contributed by atoms with Crippen molar-refractivity contribution in [2.45, 2.75) is 38.5 Å². The third-order valence-electron chi connectivity index (χ3n) is 4.62. The van der Waals surface area contributed by atoms with Crippen LogP contribution in [0.2, 0.25) is 0 Å². The summed E-state index contributed by atoms with van der Waals surface area (Å²) in [6.45, 7) is 0. The van der Waals surface area contributed by atoms with Crippen molar-refractivity contribution in [2.24, 2.45) is 5.92 Å². The van der Waals surface area contributed by atoms with E-state index >= 15 is 0 Å². The lowest BCUT2D eigenvalue weighted by molar-refractivity contribution is 0.0974. The van der Waals surface area contributed by atoms with Crippen molar-refractivity contribution in [3.63, 3.8) is 0 Å². The van der Waals surface area contributed by atoms with Gasteiger partial charge in [0.1, 0.15) is 5.75 Å². The molecule has 0 radical (unpaired) electrons. The molecule has 1 fully saturated rings. The first-order valence-corrected chi connectivity index (χ1v) is 7.87. The smallest absolute Gasteiger partial charge is 0.162 e. The molecule has 21 heavy (non-hydrogen) atoms. The second-order valence-corrected chi connectivity index (χ2v) is 6.04. The van der Waals surface area contributed by atoms with Crippen LogP contribution in [0.4, 0.5) is 0 Å². The standard InChI is InChI=1S/C19H22O2/c1-21-18-10-9-15-12-17(8-7-16(15)13-18)19(20)11-6-14-4-2-3-5-14/h7-10,12-14H,2-6,11H2,1H3. The molecule has 3 rings (SSSR count). The lowest BCUT2D eigenvalue weighted by Gasteiger charge is -2.08. The van der Waals surface area contributed by atoms with Crippen LogP contribution < -0.4 is 4.74 Å². The van der Waals surface area contributed by atoms with Crippen molar-refractivity contribution >= 4 is 16.6 Å². The number of methoxy groups -OCH3 is 1. The number of ketones is 1. The van der Waals surface area contributed by atoms with Crippen LogP contribution in [0.3, 0.4) is 0 Å². The van der Waals surface area contributed by atoms with Gasteiger partial charge in [-0.15, -0.1) is 0 Å². The molecule has 0 aromatic heterocycles. The molecule has 2 aromatic rings. The molecule has 0 heterocycles. The van der Waals surface area contributed by atoms with Gasteiger partial charge in [0, 0.05) is 12.0 Å². The van der Waals surface area contributed by atoms with E-state index in [4.69, 9.17) is 4.74 Å². The van der Waals surface area contributed by atoms with E-state index in [0.29, 0.717) is 6.42 Å². The Balaban J connectivity index is 1.72. The van der Waals surface area contributed by atoms with Gasteiger partial charge in [-0.05, 0) is 41.3 Å². The summed E-state index contributed by atoms with van der Waals surface area (Å²) in [6, 6.07) is 11.9. The predicted molar refractivity (Wildman–Crippen MR) is 86.0 cm³/mol. The fourth-order valence-electron chi connectivity index (χ4n) is 3.30. The number of rotatable bonds is 5. The van der Waals surface area contributed by atoms with E-state index in [2.05, 4.69) is 0 Å². The van der Waals surface area contributed by atoms with E-state index in [0.717, 1.165) is 34.4 Å². The van der Waals surface area contributed by atoms with Gasteiger partial charge in [-0.25, -0.2) is 0 Å². The van der Waals surface area contributed by atoms with E-state index in [9.17, 15) is 4.79 Å². The molecule has 0 bridgehead atoms. The number of hydrogen-bond acceptors (Lipinski definition) is 2. The van der Waals surface area contributed by atoms with Crippen LogP contribution in [0.15, 0.2) is 36.4 Å². The van der Waals surface area contributed by atoms with Crippen molar-refractivity contribution < 1.29 is 9.53 Å². The Bertz CT molecular complexity index is 639. The van der Waals surface area contributed by atoms with Gasteiger partial charge in [0.15, 0.2) is 5.78 Å². The Labute approximate surface area is 126 Å². The van der Waals surface area contributed by atoms with Gasteiger partial charge in [0.2, 0.25) is 0 Å². The molecule has 0 amide bonds. The van der Waals surface area contributed by atoms with E-state index in [1.165, 1.54) is 25.7 Å². The Morgan fingerprint density at radius 2 is 1.81 bits per heavy atom. The lowest BCUT2D eigenvalue weighted by atomic mass is 9.96.